The number of hydrogen-bond donors (Lipinski definition) is 2. The average molecular weight is 500 g/mol. The third-order valence-corrected chi connectivity index (χ3v) is 3.89. The van der Waals surface area contributed by atoms with E-state index in [9.17, 15) is 4.39 Å². The molecule has 7 heteroatoms. The van der Waals surface area contributed by atoms with E-state index in [1.807, 2.05) is 45.3 Å². The molecule has 0 saturated heterocycles. The zero-order valence-corrected chi connectivity index (χ0v) is 19.1. The number of ether oxygens (including phenoxy) is 1. The third kappa shape index (κ3) is 8.88. The fraction of sp³-hybridized carbons (Fsp3) is 0.381. The van der Waals surface area contributed by atoms with Crippen LogP contribution < -0.4 is 15.4 Å². The lowest BCUT2D eigenvalue weighted by atomic mass is 10.2. The highest BCUT2D eigenvalue weighted by Crippen LogP contribution is 2.17. The van der Waals surface area contributed by atoms with E-state index in [1.165, 1.54) is 12.1 Å². The molecule has 0 spiro atoms. The smallest absolute Gasteiger partial charge is 0.191 e. The monoisotopic (exact) mass is 500 g/mol. The molecular formula is C21H30FIN4O. The molecule has 0 aromatic heterocycles. The summed E-state index contributed by atoms with van der Waals surface area (Å²) in [6.07, 6.45) is 0. The third-order valence-electron chi connectivity index (χ3n) is 3.89. The van der Waals surface area contributed by atoms with E-state index in [1.54, 1.807) is 12.1 Å². The molecule has 5 nitrogen and oxygen atoms in total. The Bertz CT molecular complexity index is 723. The van der Waals surface area contributed by atoms with Crippen LogP contribution in [0.1, 0.15) is 18.1 Å². The molecule has 154 valence electrons. The molecule has 0 aliphatic heterocycles. The summed E-state index contributed by atoms with van der Waals surface area (Å²) in [7, 11) is 4.05. The SMILES string of the molecule is CCNC(=NCc1ccc(F)cc1)NCc1ccccc1OCCN(C)C.I. The van der Waals surface area contributed by atoms with E-state index in [0.29, 0.717) is 25.7 Å². The standard InChI is InChI=1S/C21H29FN4O.HI/c1-4-23-21(24-15-17-9-11-19(22)12-10-17)25-16-18-7-5-6-8-20(18)27-14-13-26(2)3;/h5-12H,4,13-16H2,1-3H3,(H2,23,24,25);1H. The molecule has 0 bridgehead atoms. The Morgan fingerprint density at radius 1 is 1.07 bits per heavy atom. The largest absolute Gasteiger partial charge is 0.492 e. The molecule has 0 aliphatic carbocycles. The van der Waals surface area contributed by atoms with Crippen molar-refractivity contribution in [3.63, 3.8) is 0 Å². The first-order chi connectivity index (χ1) is 13.1. The van der Waals surface area contributed by atoms with Crippen molar-refractivity contribution in [3.05, 3.63) is 65.5 Å². The van der Waals surface area contributed by atoms with Gasteiger partial charge in [0.05, 0.1) is 6.54 Å². The molecule has 0 aliphatic rings. The van der Waals surface area contributed by atoms with Gasteiger partial charge in [0.25, 0.3) is 0 Å². The summed E-state index contributed by atoms with van der Waals surface area (Å²) in [5, 5.41) is 6.56. The summed E-state index contributed by atoms with van der Waals surface area (Å²) in [6, 6.07) is 14.4. The number of guanidine groups is 1. The van der Waals surface area contributed by atoms with Crippen molar-refractivity contribution in [3.8, 4) is 5.75 Å². The number of rotatable bonds is 9. The number of aliphatic imine (C=N–C) groups is 1. The van der Waals surface area contributed by atoms with E-state index in [4.69, 9.17) is 4.74 Å². The van der Waals surface area contributed by atoms with Crippen molar-refractivity contribution in [2.75, 3.05) is 33.8 Å². The minimum Gasteiger partial charge on any atom is -0.492 e. The number of benzene rings is 2. The summed E-state index contributed by atoms with van der Waals surface area (Å²) < 4.78 is 18.9. The highest BCUT2D eigenvalue weighted by molar-refractivity contribution is 14.0. The highest BCUT2D eigenvalue weighted by atomic mass is 127. The minimum atomic E-state index is -0.237. The molecule has 2 aromatic carbocycles. The van der Waals surface area contributed by atoms with E-state index in [0.717, 1.165) is 30.0 Å². The van der Waals surface area contributed by atoms with Gasteiger partial charge in [-0.2, -0.15) is 0 Å². The van der Waals surface area contributed by atoms with Crippen molar-refractivity contribution in [2.24, 2.45) is 4.99 Å². The van der Waals surface area contributed by atoms with Gasteiger partial charge >= 0.3 is 0 Å². The zero-order valence-electron chi connectivity index (χ0n) is 16.7. The van der Waals surface area contributed by atoms with Crippen molar-refractivity contribution in [2.45, 2.75) is 20.0 Å². The molecule has 2 N–H and O–H groups in total. The first-order valence-electron chi connectivity index (χ1n) is 9.20. The normalized spacial score (nSPS) is 11.1. The van der Waals surface area contributed by atoms with Crippen molar-refractivity contribution in [1.82, 2.24) is 15.5 Å². The Labute approximate surface area is 184 Å². The molecule has 0 heterocycles. The molecule has 0 atom stereocenters. The summed E-state index contributed by atoms with van der Waals surface area (Å²) >= 11 is 0. The van der Waals surface area contributed by atoms with Crippen molar-refractivity contribution >= 4 is 29.9 Å². The van der Waals surface area contributed by atoms with Gasteiger partial charge in [-0.25, -0.2) is 9.38 Å². The number of likely N-dealkylation sites (N-methyl/N-ethyl adjacent to an activating group) is 1. The van der Waals surface area contributed by atoms with Gasteiger partial charge in [0.2, 0.25) is 0 Å². The van der Waals surface area contributed by atoms with Crippen LogP contribution in [0, 0.1) is 5.82 Å². The molecule has 0 unspecified atom stereocenters. The Morgan fingerprint density at radius 2 is 1.79 bits per heavy atom. The van der Waals surface area contributed by atoms with Crippen LogP contribution in [0.3, 0.4) is 0 Å². The molecule has 28 heavy (non-hydrogen) atoms. The second-order valence-electron chi connectivity index (χ2n) is 6.43. The molecule has 0 saturated carbocycles. The van der Waals surface area contributed by atoms with Crippen molar-refractivity contribution < 1.29 is 9.13 Å². The first kappa shape index (κ1) is 24.2. The Balaban J connectivity index is 0.00000392. The van der Waals surface area contributed by atoms with Gasteiger partial charge < -0.3 is 20.3 Å². The molecule has 0 radical (unpaired) electrons. The average Bonchev–Trinajstić information content (AvgIpc) is 2.66. The maximum absolute atomic E-state index is 13.0. The van der Waals surface area contributed by atoms with Gasteiger partial charge in [0.15, 0.2) is 5.96 Å². The lowest BCUT2D eigenvalue weighted by Gasteiger charge is -2.16. The fourth-order valence-electron chi connectivity index (χ4n) is 2.41. The Morgan fingerprint density at radius 3 is 2.46 bits per heavy atom. The molecule has 2 aromatic rings. The van der Waals surface area contributed by atoms with Crippen LogP contribution in [-0.4, -0.2) is 44.7 Å². The van der Waals surface area contributed by atoms with Gasteiger partial charge in [-0.15, -0.1) is 24.0 Å². The van der Waals surface area contributed by atoms with Crippen LogP contribution in [0.15, 0.2) is 53.5 Å². The van der Waals surface area contributed by atoms with E-state index < -0.39 is 0 Å². The molecular weight excluding hydrogens is 470 g/mol. The summed E-state index contributed by atoms with van der Waals surface area (Å²) in [5.74, 6) is 1.35. The fourth-order valence-corrected chi connectivity index (χ4v) is 2.41. The van der Waals surface area contributed by atoms with Crippen LogP contribution in [0.5, 0.6) is 5.75 Å². The Hall–Kier alpha value is -1.87. The molecule has 0 amide bonds. The van der Waals surface area contributed by atoms with Crippen molar-refractivity contribution in [1.29, 1.82) is 0 Å². The predicted octanol–water partition coefficient (Wildman–Crippen LogP) is 3.64. The summed E-state index contributed by atoms with van der Waals surface area (Å²) in [4.78, 5) is 6.66. The van der Waals surface area contributed by atoms with E-state index in [-0.39, 0.29) is 29.8 Å². The second-order valence-corrected chi connectivity index (χ2v) is 6.43. The Kier molecular flexibility index (Phi) is 11.5. The van der Waals surface area contributed by atoms with E-state index in [2.05, 4.69) is 20.5 Å². The number of halogens is 2. The second kappa shape index (κ2) is 13.3. The van der Waals surface area contributed by atoms with Crippen LogP contribution in [-0.2, 0) is 13.1 Å². The molecule has 0 fully saturated rings. The summed E-state index contributed by atoms with van der Waals surface area (Å²) in [5.41, 5.74) is 2.03. The first-order valence-corrected chi connectivity index (χ1v) is 9.20. The van der Waals surface area contributed by atoms with Crippen LogP contribution >= 0.6 is 24.0 Å². The number of para-hydroxylation sites is 1. The quantitative estimate of drug-likeness (QED) is 0.314. The maximum atomic E-state index is 13.0. The van der Waals surface area contributed by atoms with E-state index >= 15 is 0 Å². The topological polar surface area (TPSA) is 48.9 Å². The maximum Gasteiger partial charge on any atom is 0.191 e. The molecule has 2 rings (SSSR count). The minimum absolute atomic E-state index is 0. The van der Waals surface area contributed by atoms with Gasteiger partial charge in [-0.1, -0.05) is 30.3 Å². The summed E-state index contributed by atoms with van der Waals surface area (Å²) in [6.45, 7) is 5.37. The predicted molar refractivity (Wildman–Crippen MR) is 124 cm³/mol. The van der Waals surface area contributed by atoms with Crippen LogP contribution in [0.2, 0.25) is 0 Å². The zero-order chi connectivity index (χ0) is 19.5. The van der Waals surface area contributed by atoms with Gasteiger partial charge in [-0.05, 0) is 44.8 Å². The number of nitrogens with zero attached hydrogens (tertiary/aromatic N) is 2. The number of nitrogens with one attached hydrogen (secondary N) is 2. The highest BCUT2D eigenvalue weighted by Gasteiger charge is 2.05. The lowest BCUT2D eigenvalue weighted by molar-refractivity contribution is 0.259. The van der Waals surface area contributed by atoms with Gasteiger partial charge in [-0.3, -0.25) is 0 Å². The van der Waals surface area contributed by atoms with Crippen LogP contribution in [0.25, 0.3) is 0 Å². The number of hydrogen-bond acceptors (Lipinski definition) is 3. The van der Waals surface area contributed by atoms with Crippen LogP contribution in [0.4, 0.5) is 4.39 Å². The van der Waals surface area contributed by atoms with Gasteiger partial charge in [0.1, 0.15) is 18.2 Å². The van der Waals surface area contributed by atoms with Gasteiger partial charge in [0, 0.05) is 25.2 Å². The lowest BCUT2D eigenvalue weighted by Crippen LogP contribution is -2.36.